The van der Waals surface area contributed by atoms with Crippen LogP contribution in [0.5, 0.6) is 0 Å². The third kappa shape index (κ3) is 4.09. The van der Waals surface area contributed by atoms with Crippen molar-refractivity contribution in [3.8, 4) is 11.3 Å². The zero-order chi connectivity index (χ0) is 21.5. The largest absolute Gasteiger partial charge is 0.433 e. The lowest BCUT2D eigenvalue weighted by Crippen LogP contribution is -2.38. The molecule has 0 aliphatic carbocycles. The van der Waals surface area contributed by atoms with E-state index in [2.05, 4.69) is 10.1 Å². The van der Waals surface area contributed by atoms with Gasteiger partial charge in [0.15, 0.2) is 5.69 Å². The van der Waals surface area contributed by atoms with Crippen molar-refractivity contribution in [2.24, 2.45) is 7.05 Å². The van der Waals surface area contributed by atoms with E-state index in [-0.39, 0.29) is 11.6 Å². The molecule has 1 aliphatic heterocycles. The lowest BCUT2D eigenvalue weighted by atomic mass is 9.95. The third-order valence-corrected chi connectivity index (χ3v) is 5.91. The summed E-state index contributed by atoms with van der Waals surface area (Å²) in [6.07, 6.45) is -3.25. The van der Waals surface area contributed by atoms with Gasteiger partial charge in [0.25, 0.3) is 5.91 Å². The molecule has 0 bridgehead atoms. The number of amides is 1. The number of carbonyl (C=O) groups is 1. The Morgan fingerprint density at radius 1 is 1.20 bits per heavy atom. The molecule has 4 rings (SSSR count). The minimum absolute atomic E-state index is 0.0980. The molecule has 6 nitrogen and oxygen atoms in total. The Hall–Kier alpha value is -2.75. The smallest absolute Gasteiger partial charge is 0.337 e. The molecule has 0 radical (unpaired) electrons. The van der Waals surface area contributed by atoms with Crippen LogP contribution in [0, 0.1) is 6.92 Å². The Labute approximate surface area is 175 Å². The topological polar surface area (TPSA) is 63.9 Å². The maximum Gasteiger partial charge on any atom is 0.433 e. The molecule has 1 fully saturated rings. The summed E-state index contributed by atoms with van der Waals surface area (Å²) in [6, 6.07) is 4.77. The number of halogens is 3. The zero-order valence-corrected chi connectivity index (χ0v) is 17.3. The predicted octanol–water partition coefficient (Wildman–Crippen LogP) is 4.29. The van der Waals surface area contributed by atoms with E-state index >= 15 is 0 Å². The summed E-state index contributed by atoms with van der Waals surface area (Å²) >= 11 is 1.60. The number of aryl methyl sites for hydroxylation is 2. The number of hydrogen-bond acceptors (Lipinski definition) is 5. The normalized spacial score (nSPS) is 15.6. The molecule has 158 valence electrons. The number of likely N-dealkylation sites (tertiary alicyclic amines) is 1. The summed E-state index contributed by atoms with van der Waals surface area (Å²) in [4.78, 5) is 23.5. The monoisotopic (exact) mass is 435 g/mol. The summed E-state index contributed by atoms with van der Waals surface area (Å²) in [5.41, 5.74) is 1.69. The molecule has 3 aromatic heterocycles. The maximum absolute atomic E-state index is 13.0. The van der Waals surface area contributed by atoms with Gasteiger partial charge in [-0.15, -0.1) is 0 Å². The molecule has 0 unspecified atom stereocenters. The van der Waals surface area contributed by atoms with Gasteiger partial charge in [-0.1, -0.05) is 0 Å². The van der Waals surface area contributed by atoms with E-state index in [1.54, 1.807) is 16.2 Å². The van der Waals surface area contributed by atoms with Gasteiger partial charge < -0.3 is 4.90 Å². The second-order valence-corrected chi connectivity index (χ2v) is 8.15. The van der Waals surface area contributed by atoms with Gasteiger partial charge in [0.05, 0.1) is 5.69 Å². The van der Waals surface area contributed by atoms with Gasteiger partial charge in [-0.05, 0) is 37.3 Å². The third-order valence-electron chi connectivity index (χ3n) is 5.23. The molecule has 0 aromatic carbocycles. The highest BCUT2D eigenvalue weighted by Crippen LogP contribution is 2.31. The highest BCUT2D eigenvalue weighted by atomic mass is 32.1. The van der Waals surface area contributed by atoms with Gasteiger partial charge in [-0.2, -0.15) is 29.6 Å². The van der Waals surface area contributed by atoms with E-state index in [9.17, 15) is 18.0 Å². The molecule has 1 saturated heterocycles. The van der Waals surface area contributed by atoms with Gasteiger partial charge >= 0.3 is 6.18 Å². The van der Waals surface area contributed by atoms with E-state index < -0.39 is 17.8 Å². The van der Waals surface area contributed by atoms with Crippen molar-refractivity contribution >= 4 is 17.2 Å². The van der Waals surface area contributed by atoms with Gasteiger partial charge in [-0.3, -0.25) is 9.48 Å². The van der Waals surface area contributed by atoms with Crippen LogP contribution in [-0.2, 0) is 13.2 Å². The Kier molecular flexibility index (Phi) is 5.35. The molecule has 10 heteroatoms. The summed E-state index contributed by atoms with van der Waals surface area (Å²) in [6.45, 7) is 2.78. The van der Waals surface area contributed by atoms with Crippen LogP contribution >= 0.6 is 11.3 Å². The Balaban J connectivity index is 1.46. The van der Waals surface area contributed by atoms with Crippen LogP contribution in [0.1, 0.15) is 46.5 Å². The molecule has 4 heterocycles. The van der Waals surface area contributed by atoms with Gasteiger partial charge in [0.1, 0.15) is 11.5 Å². The SMILES string of the molecule is Cc1cc(-c2ccsc2)nc(C2CCN(C(=O)c3cc(C(F)(F)F)n(C)n3)CC2)n1. The summed E-state index contributed by atoms with van der Waals surface area (Å²) in [7, 11) is 1.19. The first kappa shape index (κ1) is 20.5. The predicted molar refractivity (Wildman–Crippen MR) is 106 cm³/mol. The number of rotatable bonds is 3. The first-order chi connectivity index (χ1) is 14.2. The van der Waals surface area contributed by atoms with Crippen LogP contribution in [-0.4, -0.2) is 43.6 Å². The van der Waals surface area contributed by atoms with Crippen LogP contribution in [0.2, 0.25) is 0 Å². The zero-order valence-electron chi connectivity index (χ0n) is 16.5. The first-order valence-electron chi connectivity index (χ1n) is 9.51. The summed E-state index contributed by atoms with van der Waals surface area (Å²) < 4.78 is 39.6. The van der Waals surface area contributed by atoms with Crippen molar-refractivity contribution < 1.29 is 18.0 Å². The molecule has 1 aliphatic rings. The molecule has 0 saturated carbocycles. The van der Waals surface area contributed by atoms with Crippen molar-refractivity contribution in [1.29, 1.82) is 0 Å². The number of nitrogens with zero attached hydrogens (tertiary/aromatic N) is 5. The molecular formula is C20H20F3N5OS. The molecule has 1 amide bonds. The summed E-state index contributed by atoms with van der Waals surface area (Å²) in [5, 5.41) is 7.80. The average molecular weight is 435 g/mol. The van der Waals surface area contributed by atoms with E-state index in [4.69, 9.17) is 4.98 Å². The van der Waals surface area contributed by atoms with Crippen molar-refractivity contribution in [2.75, 3.05) is 13.1 Å². The average Bonchev–Trinajstić information content (AvgIpc) is 3.36. The van der Waals surface area contributed by atoms with Crippen LogP contribution in [0.15, 0.2) is 29.0 Å². The fourth-order valence-corrected chi connectivity index (χ4v) is 4.32. The standard InChI is InChI=1S/C20H20F3N5OS/c1-12-9-15(14-5-8-30-11-14)25-18(24-12)13-3-6-28(7-4-13)19(29)16-10-17(20(21,22)23)27(2)26-16/h5,8-11,13H,3-4,6-7H2,1-2H3. The van der Waals surface area contributed by atoms with Crippen molar-refractivity contribution in [1.82, 2.24) is 24.6 Å². The highest BCUT2D eigenvalue weighted by molar-refractivity contribution is 7.08. The quantitative estimate of drug-likeness (QED) is 0.616. The number of alkyl halides is 3. The Morgan fingerprint density at radius 2 is 1.93 bits per heavy atom. The highest BCUT2D eigenvalue weighted by Gasteiger charge is 2.36. The lowest BCUT2D eigenvalue weighted by Gasteiger charge is -2.31. The number of piperidine rings is 1. The minimum atomic E-state index is -4.55. The Morgan fingerprint density at radius 3 is 2.53 bits per heavy atom. The van der Waals surface area contributed by atoms with Crippen LogP contribution in [0.4, 0.5) is 13.2 Å². The molecule has 0 atom stereocenters. The first-order valence-corrected chi connectivity index (χ1v) is 10.5. The van der Waals surface area contributed by atoms with Gasteiger partial charge in [0, 0.05) is 48.8 Å². The van der Waals surface area contributed by atoms with Crippen molar-refractivity contribution in [3.05, 3.63) is 51.9 Å². The van der Waals surface area contributed by atoms with Gasteiger partial charge in [0.2, 0.25) is 0 Å². The fraction of sp³-hybridized carbons (Fsp3) is 0.400. The van der Waals surface area contributed by atoms with Crippen LogP contribution < -0.4 is 0 Å². The molecule has 0 spiro atoms. The molecule has 30 heavy (non-hydrogen) atoms. The maximum atomic E-state index is 13.0. The second-order valence-electron chi connectivity index (χ2n) is 7.37. The van der Waals surface area contributed by atoms with E-state index in [0.29, 0.717) is 30.6 Å². The molecular weight excluding hydrogens is 415 g/mol. The number of hydrogen-bond donors (Lipinski definition) is 0. The fourth-order valence-electron chi connectivity index (χ4n) is 3.67. The van der Waals surface area contributed by atoms with E-state index in [0.717, 1.165) is 28.8 Å². The van der Waals surface area contributed by atoms with Crippen molar-refractivity contribution in [2.45, 2.75) is 31.9 Å². The lowest BCUT2D eigenvalue weighted by molar-refractivity contribution is -0.143. The van der Waals surface area contributed by atoms with E-state index in [1.165, 1.54) is 7.05 Å². The van der Waals surface area contributed by atoms with E-state index in [1.807, 2.05) is 29.8 Å². The van der Waals surface area contributed by atoms with Gasteiger partial charge in [-0.25, -0.2) is 9.97 Å². The van der Waals surface area contributed by atoms with Crippen LogP contribution in [0.3, 0.4) is 0 Å². The van der Waals surface area contributed by atoms with Crippen LogP contribution in [0.25, 0.3) is 11.3 Å². The number of carbonyl (C=O) groups excluding carboxylic acids is 1. The summed E-state index contributed by atoms with van der Waals surface area (Å²) in [5.74, 6) is 0.366. The van der Waals surface area contributed by atoms with Crippen molar-refractivity contribution in [3.63, 3.8) is 0 Å². The number of thiophene rings is 1. The second kappa shape index (κ2) is 7.82. The Bertz CT molecular complexity index is 1050. The molecule has 3 aromatic rings. The minimum Gasteiger partial charge on any atom is -0.337 e. The molecule has 0 N–H and O–H groups in total. The number of aromatic nitrogens is 4.